The van der Waals surface area contributed by atoms with Crippen LogP contribution in [0.15, 0.2) is 24.3 Å². The first-order valence-electron chi connectivity index (χ1n) is 5.77. The molecule has 0 saturated carbocycles. The number of H-pyrrole nitrogens is 1. The number of carbonyl (C=O) groups is 1. The van der Waals surface area contributed by atoms with Crippen LogP contribution in [0.1, 0.15) is 5.69 Å². The maximum Gasteiger partial charge on any atom is 0.246 e. The van der Waals surface area contributed by atoms with E-state index in [0.717, 1.165) is 22.3 Å². The Morgan fingerprint density at radius 3 is 2.83 bits per heavy atom. The Bertz CT molecular complexity index is 577. The molecular weight excluding hydrogens is 230 g/mol. The van der Waals surface area contributed by atoms with Crippen LogP contribution in [-0.2, 0) is 4.79 Å². The van der Waals surface area contributed by atoms with Crippen molar-refractivity contribution >= 4 is 22.5 Å². The monoisotopic (exact) mass is 247 g/mol. The normalized spacial score (nSPS) is 12.7. The highest BCUT2D eigenvalue weighted by atomic mass is 16.3. The maximum atomic E-state index is 12.0. The summed E-state index contributed by atoms with van der Waals surface area (Å²) >= 11 is 0. The van der Waals surface area contributed by atoms with E-state index in [0.29, 0.717) is 0 Å². The fourth-order valence-electron chi connectivity index (χ4n) is 2.13. The van der Waals surface area contributed by atoms with Gasteiger partial charge in [-0.15, -0.1) is 0 Å². The number of aryl methyl sites for hydroxylation is 1. The Balaban J connectivity index is 2.47. The Hall–Kier alpha value is -1.85. The number of benzene rings is 1. The van der Waals surface area contributed by atoms with Crippen molar-refractivity contribution in [1.29, 1.82) is 0 Å². The van der Waals surface area contributed by atoms with Crippen LogP contribution in [0.25, 0.3) is 10.9 Å². The molecule has 0 radical (unpaired) electrons. The molecule has 96 valence electrons. The molecule has 5 heteroatoms. The van der Waals surface area contributed by atoms with E-state index in [1.54, 1.807) is 7.05 Å². The van der Waals surface area contributed by atoms with Gasteiger partial charge in [0, 0.05) is 23.6 Å². The number of nitrogens with one attached hydrogen (secondary N) is 1. The number of amides is 1. The molecule has 18 heavy (non-hydrogen) atoms. The van der Waals surface area contributed by atoms with E-state index < -0.39 is 6.04 Å². The summed E-state index contributed by atoms with van der Waals surface area (Å²) in [5, 5.41) is 9.92. The van der Waals surface area contributed by atoms with Gasteiger partial charge in [0.2, 0.25) is 5.91 Å². The van der Waals surface area contributed by atoms with Crippen molar-refractivity contribution in [1.82, 2.24) is 4.98 Å². The number of nitrogens with two attached hydrogens (primary N) is 1. The summed E-state index contributed by atoms with van der Waals surface area (Å²) < 4.78 is 0. The van der Waals surface area contributed by atoms with E-state index in [2.05, 4.69) is 4.98 Å². The molecule has 1 atom stereocenters. The Morgan fingerprint density at radius 1 is 1.50 bits per heavy atom. The van der Waals surface area contributed by atoms with Gasteiger partial charge >= 0.3 is 0 Å². The highest BCUT2D eigenvalue weighted by Gasteiger charge is 2.22. The summed E-state index contributed by atoms with van der Waals surface area (Å²) in [4.78, 5) is 16.7. The van der Waals surface area contributed by atoms with Crippen molar-refractivity contribution in [3.05, 3.63) is 30.0 Å². The van der Waals surface area contributed by atoms with Gasteiger partial charge in [-0.1, -0.05) is 18.2 Å². The van der Waals surface area contributed by atoms with Gasteiger partial charge in [0.25, 0.3) is 0 Å². The third-order valence-corrected chi connectivity index (χ3v) is 3.04. The number of rotatable bonds is 3. The molecule has 0 aliphatic carbocycles. The lowest BCUT2D eigenvalue weighted by atomic mass is 10.2. The van der Waals surface area contributed by atoms with E-state index in [-0.39, 0.29) is 12.5 Å². The largest absolute Gasteiger partial charge is 0.394 e. The lowest BCUT2D eigenvalue weighted by Gasteiger charge is -2.20. The van der Waals surface area contributed by atoms with Gasteiger partial charge in [-0.3, -0.25) is 4.79 Å². The number of carbonyl (C=O) groups excluding carboxylic acids is 1. The van der Waals surface area contributed by atoms with Crippen LogP contribution < -0.4 is 10.6 Å². The fraction of sp³-hybridized carbons (Fsp3) is 0.308. The van der Waals surface area contributed by atoms with Gasteiger partial charge in [0.05, 0.1) is 12.3 Å². The number of fused-ring (bicyclic) bond motifs is 1. The zero-order valence-electron chi connectivity index (χ0n) is 10.5. The quantitative estimate of drug-likeness (QED) is 0.748. The first-order valence-corrected chi connectivity index (χ1v) is 5.77. The molecule has 0 fully saturated rings. The standard InChI is InChI=1S/C13H17N3O2/c1-8-12(16(2)13(18)10(14)7-17)9-5-3-4-6-11(9)15-8/h3-6,10,15,17H,7,14H2,1-2H3. The SMILES string of the molecule is Cc1[nH]c2ccccc2c1N(C)C(=O)C(N)CO. The molecule has 1 aromatic heterocycles. The molecule has 1 unspecified atom stereocenters. The van der Waals surface area contributed by atoms with E-state index in [1.807, 2.05) is 31.2 Å². The van der Waals surface area contributed by atoms with Gasteiger partial charge in [-0.25, -0.2) is 0 Å². The lowest BCUT2D eigenvalue weighted by molar-refractivity contribution is -0.120. The Kier molecular flexibility index (Phi) is 3.36. The van der Waals surface area contributed by atoms with Crippen molar-refractivity contribution in [2.75, 3.05) is 18.6 Å². The third-order valence-electron chi connectivity index (χ3n) is 3.04. The van der Waals surface area contributed by atoms with Gasteiger partial charge in [-0.05, 0) is 13.0 Å². The van der Waals surface area contributed by atoms with Crippen LogP contribution in [-0.4, -0.2) is 35.7 Å². The highest BCUT2D eigenvalue weighted by molar-refractivity contribution is 6.05. The van der Waals surface area contributed by atoms with Crippen LogP contribution in [0, 0.1) is 6.92 Å². The van der Waals surface area contributed by atoms with Crippen LogP contribution in [0.2, 0.25) is 0 Å². The molecule has 1 heterocycles. The zero-order valence-corrected chi connectivity index (χ0v) is 10.5. The Morgan fingerprint density at radius 2 is 2.17 bits per heavy atom. The van der Waals surface area contributed by atoms with Crippen molar-refractivity contribution in [3.63, 3.8) is 0 Å². The van der Waals surface area contributed by atoms with Crippen LogP contribution >= 0.6 is 0 Å². The van der Waals surface area contributed by atoms with Crippen molar-refractivity contribution < 1.29 is 9.90 Å². The third kappa shape index (κ3) is 1.98. The molecule has 2 rings (SSSR count). The van der Waals surface area contributed by atoms with Crippen LogP contribution in [0.5, 0.6) is 0 Å². The number of anilines is 1. The smallest absolute Gasteiger partial charge is 0.246 e. The predicted octanol–water partition coefficient (Wildman–Crippen LogP) is 0.759. The first-order chi connectivity index (χ1) is 8.56. The average Bonchev–Trinajstić information content (AvgIpc) is 2.71. The number of hydrogen-bond donors (Lipinski definition) is 3. The topological polar surface area (TPSA) is 82.4 Å². The van der Waals surface area contributed by atoms with Crippen LogP contribution in [0.4, 0.5) is 5.69 Å². The van der Waals surface area contributed by atoms with E-state index >= 15 is 0 Å². The fourth-order valence-corrected chi connectivity index (χ4v) is 2.13. The summed E-state index contributed by atoms with van der Waals surface area (Å²) in [7, 11) is 1.67. The Labute approximate surface area is 105 Å². The van der Waals surface area contributed by atoms with Gasteiger partial charge < -0.3 is 20.7 Å². The number of para-hydroxylation sites is 1. The maximum absolute atomic E-state index is 12.0. The number of aromatic amines is 1. The molecule has 0 aliphatic heterocycles. The molecule has 1 amide bonds. The minimum Gasteiger partial charge on any atom is -0.394 e. The van der Waals surface area contributed by atoms with E-state index in [4.69, 9.17) is 10.8 Å². The summed E-state index contributed by atoms with van der Waals surface area (Å²) in [6, 6.07) is 6.87. The summed E-state index contributed by atoms with van der Waals surface area (Å²) in [5.74, 6) is -0.301. The second kappa shape index (κ2) is 4.80. The minimum atomic E-state index is -0.886. The van der Waals surface area contributed by atoms with Gasteiger partial charge in [0.1, 0.15) is 6.04 Å². The van der Waals surface area contributed by atoms with E-state index in [9.17, 15) is 4.79 Å². The molecule has 0 bridgehead atoms. The van der Waals surface area contributed by atoms with Gasteiger partial charge in [-0.2, -0.15) is 0 Å². The van der Waals surface area contributed by atoms with Crippen molar-refractivity contribution in [3.8, 4) is 0 Å². The van der Waals surface area contributed by atoms with Crippen LogP contribution in [0.3, 0.4) is 0 Å². The zero-order chi connectivity index (χ0) is 13.3. The molecule has 1 aromatic carbocycles. The second-order valence-electron chi connectivity index (χ2n) is 4.33. The number of likely N-dealkylation sites (N-methyl/N-ethyl adjacent to an activating group) is 1. The predicted molar refractivity (Wildman–Crippen MR) is 71.5 cm³/mol. The summed E-state index contributed by atoms with van der Waals surface area (Å²) in [6.45, 7) is 1.55. The van der Waals surface area contributed by atoms with Crippen molar-refractivity contribution in [2.24, 2.45) is 5.73 Å². The van der Waals surface area contributed by atoms with Gasteiger partial charge in [0.15, 0.2) is 0 Å². The summed E-state index contributed by atoms with van der Waals surface area (Å²) in [5.41, 5.74) is 8.25. The molecule has 4 N–H and O–H groups in total. The van der Waals surface area contributed by atoms with Crippen molar-refractivity contribution in [2.45, 2.75) is 13.0 Å². The first kappa shape index (κ1) is 12.6. The number of aliphatic hydroxyl groups excluding tert-OH is 1. The number of aromatic nitrogens is 1. The molecule has 0 saturated heterocycles. The summed E-state index contributed by atoms with van der Waals surface area (Å²) in [6.07, 6.45) is 0. The average molecular weight is 247 g/mol. The molecule has 0 aliphatic rings. The molecule has 5 nitrogen and oxygen atoms in total. The minimum absolute atomic E-state index is 0.301. The lowest BCUT2D eigenvalue weighted by Crippen LogP contribution is -2.44. The number of hydrogen-bond acceptors (Lipinski definition) is 3. The molecular formula is C13H17N3O2. The number of aliphatic hydroxyl groups is 1. The number of nitrogens with zero attached hydrogens (tertiary/aromatic N) is 1. The molecule has 0 spiro atoms. The van der Waals surface area contributed by atoms with E-state index in [1.165, 1.54) is 4.90 Å². The molecule has 2 aromatic rings. The highest BCUT2D eigenvalue weighted by Crippen LogP contribution is 2.29. The second-order valence-corrected chi connectivity index (χ2v) is 4.33.